The van der Waals surface area contributed by atoms with E-state index in [0.29, 0.717) is 31.8 Å². The van der Waals surface area contributed by atoms with E-state index in [1.165, 1.54) is 21.9 Å². The van der Waals surface area contributed by atoms with Crippen LogP contribution in [0.15, 0.2) is 22.0 Å². The summed E-state index contributed by atoms with van der Waals surface area (Å²) in [6, 6.07) is 3.76. The first-order valence-electron chi connectivity index (χ1n) is 7.41. The maximum atomic E-state index is 12.1. The van der Waals surface area contributed by atoms with Crippen molar-refractivity contribution in [3.63, 3.8) is 0 Å². The lowest BCUT2D eigenvalue weighted by Gasteiger charge is -2.28. The monoisotopic (exact) mass is 371 g/mol. The van der Waals surface area contributed by atoms with E-state index in [-0.39, 0.29) is 24.4 Å². The molecule has 2 aromatic heterocycles. The van der Waals surface area contributed by atoms with Gasteiger partial charge in [0.25, 0.3) is 5.89 Å². The summed E-state index contributed by atoms with van der Waals surface area (Å²) in [7, 11) is -3.20. The average Bonchev–Trinajstić information content (AvgIpc) is 3.23. The Morgan fingerprint density at radius 2 is 2.21 bits per heavy atom. The van der Waals surface area contributed by atoms with Crippen molar-refractivity contribution >= 4 is 27.3 Å². The minimum Gasteiger partial charge on any atom is -0.455 e. The van der Waals surface area contributed by atoms with Crippen molar-refractivity contribution in [2.45, 2.75) is 19.4 Å². The highest BCUT2D eigenvalue weighted by Crippen LogP contribution is 2.23. The molecule has 0 aromatic carbocycles. The molecule has 24 heavy (non-hydrogen) atoms. The second-order valence-corrected chi connectivity index (χ2v) is 8.46. The summed E-state index contributed by atoms with van der Waals surface area (Å²) < 4.78 is 34.6. The lowest BCUT2D eigenvalue weighted by atomic mass is 9.98. The predicted molar refractivity (Wildman–Crippen MR) is 86.5 cm³/mol. The van der Waals surface area contributed by atoms with Crippen molar-refractivity contribution in [1.82, 2.24) is 14.4 Å². The number of hydrogen-bond donors (Lipinski definition) is 0. The standard InChI is InChI=1S/C14H17N3O5S2/c1-24(19,20)17-6-4-10(5-7-17)14(18)21-9-12-15-13(16-22-12)11-3-2-8-23-11/h2-3,8,10H,4-7,9H2,1H3. The third-order valence-electron chi connectivity index (χ3n) is 3.80. The fourth-order valence-electron chi connectivity index (χ4n) is 2.49. The van der Waals surface area contributed by atoms with Gasteiger partial charge in [-0.2, -0.15) is 4.98 Å². The maximum Gasteiger partial charge on any atom is 0.309 e. The van der Waals surface area contributed by atoms with Gasteiger partial charge in [0.1, 0.15) is 0 Å². The number of rotatable bonds is 5. The van der Waals surface area contributed by atoms with Gasteiger partial charge >= 0.3 is 5.97 Å². The first kappa shape index (κ1) is 17.1. The highest BCUT2D eigenvalue weighted by Gasteiger charge is 2.30. The van der Waals surface area contributed by atoms with Crippen molar-refractivity contribution in [3.8, 4) is 10.7 Å². The van der Waals surface area contributed by atoms with Crippen LogP contribution in [-0.2, 0) is 26.2 Å². The van der Waals surface area contributed by atoms with Crippen LogP contribution in [0.2, 0.25) is 0 Å². The molecule has 10 heteroatoms. The van der Waals surface area contributed by atoms with Crippen molar-refractivity contribution in [2.24, 2.45) is 5.92 Å². The Balaban J connectivity index is 1.50. The zero-order valence-corrected chi connectivity index (χ0v) is 14.7. The van der Waals surface area contributed by atoms with Crippen molar-refractivity contribution in [2.75, 3.05) is 19.3 Å². The van der Waals surface area contributed by atoms with Crippen LogP contribution >= 0.6 is 11.3 Å². The summed E-state index contributed by atoms with van der Waals surface area (Å²) in [5, 5.41) is 5.76. The van der Waals surface area contributed by atoms with Gasteiger partial charge in [-0.15, -0.1) is 11.3 Å². The summed E-state index contributed by atoms with van der Waals surface area (Å²) in [6.45, 7) is 0.590. The van der Waals surface area contributed by atoms with Gasteiger partial charge in [-0.05, 0) is 24.3 Å². The molecule has 0 unspecified atom stereocenters. The quantitative estimate of drug-likeness (QED) is 0.734. The largest absolute Gasteiger partial charge is 0.455 e. The molecule has 0 saturated carbocycles. The van der Waals surface area contributed by atoms with Gasteiger partial charge in [0.2, 0.25) is 15.8 Å². The Bertz CT molecular complexity index is 792. The summed E-state index contributed by atoms with van der Waals surface area (Å²) in [6.07, 6.45) is 2.08. The minimum atomic E-state index is -3.20. The second-order valence-electron chi connectivity index (χ2n) is 5.53. The van der Waals surface area contributed by atoms with Gasteiger partial charge in [0.05, 0.1) is 17.1 Å². The number of nitrogens with zero attached hydrogens (tertiary/aromatic N) is 3. The third kappa shape index (κ3) is 4.00. The average molecular weight is 371 g/mol. The molecule has 0 bridgehead atoms. The topological polar surface area (TPSA) is 103 Å². The van der Waals surface area contributed by atoms with Gasteiger partial charge in [0, 0.05) is 13.1 Å². The predicted octanol–water partition coefficient (Wildman–Crippen LogP) is 1.51. The summed E-state index contributed by atoms with van der Waals surface area (Å²) in [4.78, 5) is 17.1. The van der Waals surface area contributed by atoms with Crippen LogP contribution in [0.4, 0.5) is 0 Å². The number of piperidine rings is 1. The Hall–Kier alpha value is -1.78. The second kappa shape index (κ2) is 6.99. The van der Waals surface area contributed by atoms with Gasteiger partial charge in [-0.3, -0.25) is 4.79 Å². The summed E-state index contributed by atoms with van der Waals surface area (Å²) in [5.41, 5.74) is 0. The number of thiophene rings is 1. The van der Waals surface area contributed by atoms with E-state index in [1.807, 2.05) is 17.5 Å². The molecule has 3 rings (SSSR count). The first-order chi connectivity index (χ1) is 11.4. The number of ether oxygens (including phenoxy) is 1. The Labute approximate surface area is 143 Å². The zero-order valence-electron chi connectivity index (χ0n) is 13.0. The van der Waals surface area contributed by atoms with Crippen LogP contribution in [0.5, 0.6) is 0 Å². The molecule has 0 N–H and O–H groups in total. The van der Waals surface area contributed by atoms with Crippen LogP contribution in [0.3, 0.4) is 0 Å². The molecule has 130 valence electrons. The summed E-state index contributed by atoms with van der Waals surface area (Å²) >= 11 is 1.49. The lowest BCUT2D eigenvalue weighted by molar-refractivity contribution is -0.152. The Morgan fingerprint density at radius 3 is 2.83 bits per heavy atom. The van der Waals surface area contributed by atoms with Crippen molar-refractivity contribution in [3.05, 3.63) is 23.4 Å². The zero-order chi connectivity index (χ0) is 17.2. The van der Waals surface area contributed by atoms with E-state index < -0.39 is 10.0 Å². The number of sulfonamides is 1. The molecule has 0 atom stereocenters. The number of carbonyl (C=O) groups is 1. The number of aromatic nitrogens is 2. The third-order valence-corrected chi connectivity index (χ3v) is 5.97. The molecule has 1 saturated heterocycles. The molecular weight excluding hydrogens is 354 g/mol. The van der Waals surface area contributed by atoms with E-state index in [9.17, 15) is 13.2 Å². The van der Waals surface area contributed by atoms with Crippen LogP contribution in [0, 0.1) is 5.92 Å². The summed E-state index contributed by atoms with van der Waals surface area (Å²) in [5.74, 6) is 0.0412. The Morgan fingerprint density at radius 1 is 1.46 bits per heavy atom. The SMILES string of the molecule is CS(=O)(=O)N1CCC(C(=O)OCc2nc(-c3cccs3)no2)CC1. The fraction of sp³-hybridized carbons (Fsp3) is 0.500. The molecular formula is C14H17N3O5S2. The molecule has 2 aromatic rings. The Kier molecular flexibility index (Phi) is 4.97. The maximum absolute atomic E-state index is 12.1. The normalized spacial score (nSPS) is 17.0. The molecule has 1 aliphatic rings. The van der Waals surface area contributed by atoms with Crippen LogP contribution in [0.25, 0.3) is 10.7 Å². The molecule has 0 radical (unpaired) electrons. The smallest absolute Gasteiger partial charge is 0.309 e. The van der Waals surface area contributed by atoms with E-state index in [4.69, 9.17) is 9.26 Å². The van der Waals surface area contributed by atoms with E-state index in [2.05, 4.69) is 10.1 Å². The van der Waals surface area contributed by atoms with Gasteiger partial charge < -0.3 is 9.26 Å². The molecule has 8 nitrogen and oxygen atoms in total. The van der Waals surface area contributed by atoms with Gasteiger partial charge in [-0.1, -0.05) is 11.2 Å². The molecule has 0 spiro atoms. The first-order valence-corrected chi connectivity index (χ1v) is 10.1. The number of hydrogen-bond acceptors (Lipinski definition) is 8. The highest BCUT2D eigenvalue weighted by atomic mass is 32.2. The van der Waals surface area contributed by atoms with E-state index in [1.54, 1.807) is 0 Å². The van der Waals surface area contributed by atoms with Gasteiger partial charge in [0.15, 0.2) is 6.61 Å². The molecule has 0 amide bonds. The van der Waals surface area contributed by atoms with E-state index >= 15 is 0 Å². The van der Waals surface area contributed by atoms with E-state index in [0.717, 1.165) is 4.88 Å². The lowest BCUT2D eigenvalue weighted by Crippen LogP contribution is -2.40. The van der Waals surface area contributed by atoms with Crippen LogP contribution < -0.4 is 0 Å². The molecule has 0 aliphatic carbocycles. The van der Waals surface area contributed by atoms with Gasteiger partial charge in [-0.25, -0.2) is 12.7 Å². The number of esters is 1. The number of carbonyl (C=O) groups excluding carboxylic acids is 1. The fourth-order valence-corrected chi connectivity index (χ4v) is 4.02. The minimum absolute atomic E-state index is 0.0799. The molecule has 1 fully saturated rings. The molecule has 3 heterocycles. The van der Waals surface area contributed by atoms with Crippen LogP contribution in [-0.4, -0.2) is 48.2 Å². The van der Waals surface area contributed by atoms with Crippen molar-refractivity contribution < 1.29 is 22.5 Å². The molecule has 1 aliphatic heterocycles. The van der Waals surface area contributed by atoms with Crippen molar-refractivity contribution in [1.29, 1.82) is 0 Å². The van der Waals surface area contributed by atoms with Crippen LogP contribution in [0.1, 0.15) is 18.7 Å². The highest BCUT2D eigenvalue weighted by molar-refractivity contribution is 7.88.